The lowest BCUT2D eigenvalue weighted by Gasteiger charge is -2.63. The van der Waals surface area contributed by atoms with E-state index in [2.05, 4.69) is 32.9 Å². The highest BCUT2D eigenvalue weighted by Gasteiger charge is 2.62. The first kappa shape index (κ1) is 19.4. The first-order valence-electron chi connectivity index (χ1n) is 10.1. The summed E-state index contributed by atoms with van der Waals surface area (Å²) in [5, 5.41) is 18.6. The lowest BCUT2D eigenvalue weighted by molar-refractivity contribution is -0.184. The van der Waals surface area contributed by atoms with Gasteiger partial charge in [-0.15, -0.1) is 0 Å². The zero-order valence-electron chi connectivity index (χ0n) is 16.5. The fourth-order valence-corrected chi connectivity index (χ4v) is 6.94. The first-order chi connectivity index (χ1) is 12.3. The second kappa shape index (κ2) is 7.00. The number of carbonyl (C=O) groups excluding carboxylic acids is 1. The summed E-state index contributed by atoms with van der Waals surface area (Å²) in [6.45, 7) is 6.61. The Hall–Kier alpha value is -1.34. The van der Waals surface area contributed by atoms with Crippen molar-refractivity contribution in [1.82, 2.24) is 0 Å². The number of fused-ring (bicyclic) bond motifs is 3. The van der Waals surface area contributed by atoms with E-state index in [0.29, 0.717) is 18.3 Å². The normalized spacial score (nSPS) is 42.0. The molecule has 0 aromatic carbocycles. The van der Waals surface area contributed by atoms with E-state index in [1.807, 2.05) is 0 Å². The van der Waals surface area contributed by atoms with Crippen LogP contribution in [0.25, 0.3) is 0 Å². The van der Waals surface area contributed by atoms with Crippen LogP contribution in [-0.4, -0.2) is 24.3 Å². The minimum Gasteiger partial charge on any atom is -0.463 e. The smallest absolute Gasteiger partial charge is 0.312 e. The molecule has 4 heteroatoms. The van der Waals surface area contributed by atoms with Crippen LogP contribution in [0.5, 0.6) is 0 Å². The van der Waals surface area contributed by atoms with Gasteiger partial charge in [-0.05, 0) is 75.0 Å². The standard InChI is InChI=1S/C22H33NO3/c1-16-5-6-18-20(2)8-4-9-21(3,19(25)26-14-13-24)17(20)7-10-22(18,15-16)11-12-23/h5,17-18,24H,4,6-11,13-15H2,1-3H3/t17-,18-,20-,21-,22+/m1/s1. The number of nitriles is 1. The Morgan fingerprint density at radius 1 is 1.35 bits per heavy atom. The zero-order chi connectivity index (χ0) is 19.0. The lowest BCUT2D eigenvalue weighted by atomic mass is 9.40. The number of rotatable bonds is 4. The second-order valence-corrected chi connectivity index (χ2v) is 9.44. The van der Waals surface area contributed by atoms with Crippen molar-refractivity contribution in [3.63, 3.8) is 0 Å². The highest BCUT2D eigenvalue weighted by Crippen LogP contribution is 2.68. The molecule has 0 aliphatic heterocycles. The van der Waals surface area contributed by atoms with Gasteiger partial charge in [0.15, 0.2) is 0 Å². The average molecular weight is 360 g/mol. The number of nitrogens with zero attached hydrogens (tertiary/aromatic N) is 1. The van der Waals surface area contributed by atoms with E-state index in [4.69, 9.17) is 9.84 Å². The third kappa shape index (κ3) is 2.89. The Morgan fingerprint density at radius 3 is 2.81 bits per heavy atom. The Bertz CT molecular complexity index is 636. The zero-order valence-corrected chi connectivity index (χ0v) is 16.5. The number of hydrogen-bond acceptors (Lipinski definition) is 4. The van der Waals surface area contributed by atoms with E-state index in [-0.39, 0.29) is 30.0 Å². The van der Waals surface area contributed by atoms with Gasteiger partial charge < -0.3 is 9.84 Å². The molecule has 4 nitrogen and oxygen atoms in total. The molecule has 1 N–H and O–H groups in total. The fraction of sp³-hybridized carbons (Fsp3) is 0.818. The summed E-state index contributed by atoms with van der Waals surface area (Å²) in [4.78, 5) is 12.9. The predicted molar refractivity (Wildman–Crippen MR) is 100.0 cm³/mol. The van der Waals surface area contributed by atoms with Gasteiger partial charge in [0.25, 0.3) is 0 Å². The first-order valence-corrected chi connectivity index (χ1v) is 10.1. The molecule has 144 valence electrons. The monoisotopic (exact) mass is 359 g/mol. The number of allylic oxidation sites excluding steroid dienone is 2. The topological polar surface area (TPSA) is 70.3 Å². The van der Waals surface area contributed by atoms with Crippen LogP contribution in [0, 0.1) is 39.4 Å². The van der Waals surface area contributed by atoms with Crippen molar-refractivity contribution in [1.29, 1.82) is 5.26 Å². The second-order valence-electron chi connectivity index (χ2n) is 9.44. The van der Waals surface area contributed by atoms with E-state index in [1.54, 1.807) is 0 Å². The van der Waals surface area contributed by atoms with E-state index >= 15 is 0 Å². The summed E-state index contributed by atoms with van der Waals surface area (Å²) in [7, 11) is 0. The SMILES string of the molecule is CC1=CC[C@H]2[C@](CC#N)(CC[C@@H]3[C@@]2(C)CCC[C@@]3(C)C(=O)OCCO)C1. The van der Waals surface area contributed by atoms with Gasteiger partial charge in [0, 0.05) is 6.42 Å². The summed E-state index contributed by atoms with van der Waals surface area (Å²) in [5.41, 5.74) is 1.08. The van der Waals surface area contributed by atoms with Crippen LogP contribution >= 0.6 is 0 Å². The van der Waals surface area contributed by atoms with Crippen molar-refractivity contribution in [2.75, 3.05) is 13.2 Å². The molecular formula is C22H33NO3. The molecule has 0 spiro atoms. The molecule has 2 fully saturated rings. The molecule has 3 aliphatic carbocycles. The minimum atomic E-state index is -0.475. The number of hydrogen-bond donors (Lipinski definition) is 1. The van der Waals surface area contributed by atoms with Crippen LogP contribution in [0.4, 0.5) is 0 Å². The van der Waals surface area contributed by atoms with Crippen LogP contribution in [0.1, 0.15) is 72.1 Å². The van der Waals surface area contributed by atoms with Gasteiger partial charge in [-0.25, -0.2) is 0 Å². The Labute approximate surface area is 157 Å². The van der Waals surface area contributed by atoms with Gasteiger partial charge in [-0.1, -0.05) is 25.0 Å². The highest BCUT2D eigenvalue weighted by atomic mass is 16.5. The quantitative estimate of drug-likeness (QED) is 0.597. The molecule has 0 amide bonds. The van der Waals surface area contributed by atoms with Gasteiger partial charge in [-0.2, -0.15) is 5.26 Å². The Morgan fingerprint density at radius 2 is 2.12 bits per heavy atom. The maximum atomic E-state index is 12.9. The average Bonchev–Trinajstić information content (AvgIpc) is 2.59. The van der Waals surface area contributed by atoms with Crippen molar-refractivity contribution >= 4 is 5.97 Å². The molecule has 2 saturated carbocycles. The number of carbonyl (C=O) groups is 1. The molecule has 0 aromatic heterocycles. The fourth-order valence-electron chi connectivity index (χ4n) is 6.94. The molecule has 0 bridgehead atoms. The highest BCUT2D eigenvalue weighted by molar-refractivity contribution is 5.77. The van der Waals surface area contributed by atoms with Crippen LogP contribution in [0.2, 0.25) is 0 Å². The van der Waals surface area contributed by atoms with Crippen LogP contribution in [-0.2, 0) is 9.53 Å². The summed E-state index contributed by atoms with van der Waals surface area (Å²) in [5.74, 6) is 0.610. The van der Waals surface area contributed by atoms with Crippen LogP contribution in [0.3, 0.4) is 0 Å². The maximum absolute atomic E-state index is 12.9. The van der Waals surface area contributed by atoms with E-state index < -0.39 is 5.41 Å². The molecule has 0 saturated heterocycles. The predicted octanol–water partition coefficient (Wildman–Crippen LogP) is 4.38. The largest absolute Gasteiger partial charge is 0.463 e. The van der Waals surface area contributed by atoms with Crippen molar-refractivity contribution in [3.8, 4) is 6.07 Å². The number of aliphatic hydroxyl groups is 1. The number of aliphatic hydroxyl groups excluding tert-OH is 1. The van der Waals surface area contributed by atoms with Gasteiger partial charge in [0.1, 0.15) is 6.61 Å². The van der Waals surface area contributed by atoms with Crippen molar-refractivity contribution in [3.05, 3.63) is 11.6 Å². The molecule has 0 heterocycles. The van der Waals surface area contributed by atoms with Crippen molar-refractivity contribution in [2.24, 2.45) is 28.1 Å². The minimum absolute atomic E-state index is 0.0670. The molecule has 0 radical (unpaired) electrons. The molecule has 0 unspecified atom stereocenters. The van der Waals surface area contributed by atoms with Gasteiger partial charge >= 0.3 is 5.97 Å². The lowest BCUT2D eigenvalue weighted by Crippen LogP contribution is -2.58. The van der Waals surface area contributed by atoms with Crippen molar-refractivity contribution < 1.29 is 14.6 Å². The Balaban J connectivity index is 1.96. The van der Waals surface area contributed by atoms with Gasteiger partial charge in [-0.3, -0.25) is 4.79 Å². The summed E-state index contributed by atoms with van der Waals surface area (Å²) < 4.78 is 5.40. The summed E-state index contributed by atoms with van der Waals surface area (Å²) in [6.07, 6.45) is 10.1. The van der Waals surface area contributed by atoms with Crippen LogP contribution in [0.15, 0.2) is 11.6 Å². The van der Waals surface area contributed by atoms with E-state index in [0.717, 1.165) is 44.9 Å². The van der Waals surface area contributed by atoms with E-state index in [9.17, 15) is 10.1 Å². The Kier molecular flexibility index (Phi) is 5.23. The molecule has 0 aromatic rings. The van der Waals surface area contributed by atoms with Crippen molar-refractivity contribution in [2.45, 2.75) is 72.1 Å². The third-order valence-corrected chi connectivity index (χ3v) is 8.00. The molecule has 3 aliphatic rings. The molecule has 26 heavy (non-hydrogen) atoms. The van der Waals surface area contributed by atoms with Gasteiger partial charge in [0.2, 0.25) is 0 Å². The van der Waals surface area contributed by atoms with Gasteiger partial charge in [0.05, 0.1) is 18.1 Å². The number of ether oxygens (including phenoxy) is 1. The van der Waals surface area contributed by atoms with Crippen LogP contribution < -0.4 is 0 Å². The summed E-state index contributed by atoms with van der Waals surface area (Å²) >= 11 is 0. The molecule has 5 atom stereocenters. The van der Waals surface area contributed by atoms with E-state index in [1.165, 1.54) is 5.57 Å². The third-order valence-electron chi connectivity index (χ3n) is 8.00. The maximum Gasteiger partial charge on any atom is 0.312 e. The number of esters is 1. The summed E-state index contributed by atoms with van der Waals surface area (Å²) in [6, 6.07) is 2.49. The molecular weight excluding hydrogens is 326 g/mol. The molecule has 3 rings (SSSR count).